The van der Waals surface area contributed by atoms with Crippen LogP contribution in [0.2, 0.25) is 10.0 Å². The summed E-state index contributed by atoms with van der Waals surface area (Å²) in [4.78, 5) is 19.4. The lowest BCUT2D eigenvalue weighted by atomic mass is 9.97. The molecule has 0 atom stereocenters. The molecule has 0 unspecified atom stereocenters. The van der Waals surface area contributed by atoms with Gasteiger partial charge in [-0.15, -0.1) is 0 Å². The van der Waals surface area contributed by atoms with Crippen molar-refractivity contribution in [2.45, 2.75) is 38.1 Å². The summed E-state index contributed by atoms with van der Waals surface area (Å²) in [6, 6.07) is 5.23. The Morgan fingerprint density at radius 3 is 1.91 bits per heavy atom. The fraction of sp³-hybridized carbons (Fsp3) is 0.467. The third kappa shape index (κ3) is 11.5. The molecule has 0 aliphatic heterocycles. The van der Waals surface area contributed by atoms with Crippen LogP contribution in [-0.2, 0) is 4.79 Å². The van der Waals surface area contributed by atoms with E-state index in [0.717, 1.165) is 0 Å². The monoisotopic (exact) mass is 348 g/mol. The van der Waals surface area contributed by atoms with Crippen molar-refractivity contribution in [2.75, 3.05) is 6.54 Å². The van der Waals surface area contributed by atoms with Crippen LogP contribution in [0.4, 0.5) is 0 Å². The quantitative estimate of drug-likeness (QED) is 0.711. The number of hydrogen-bond donors (Lipinski definition) is 3. The van der Waals surface area contributed by atoms with Gasteiger partial charge in [-0.2, -0.15) is 0 Å². The molecule has 1 aliphatic carbocycles. The molecule has 7 heteroatoms. The minimum Gasteiger partial charge on any atom is -0.480 e. The Bertz CT molecular complexity index is 444. The number of carbonyl (C=O) groups excluding carboxylic acids is 1. The van der Waals surface area contributed by atoms with E-state index in [1.165, 1.54) is 32.1 Å². The predicted octanol–water partition coefficient (Wildman–Crippen LogP) is 3.11. The molecule has 1 aromatic rings. The maximum Gasteiger partial charge on any atom is 0.317 e. The molecule has 0 bridgehead atoms. The maximum absolute atomic E-state index is 10.2. The van der Waals surface area contributed by atoms with Gasteiger partial charge in [0.1, 0.15) is 6.29 Å². The number of rotatable bonds is 2. The fourth-order valence-corrected chi connectivity index (χ4v) is 2.32. The van der Waals surface area contributed by atoms with Crippen molar-refractivity contribution in [1.82, 2.24) is 0 Å². The van der Waals surface area contributed by atoms with E-state index in [4.69, 9.17) is 34.0 Å². The number of hydrogen-bond acceptors (Lipinski definition) is 4. The molecular formula is C15H22Cl2N2O3. The first-order valence-corrected chi connectivity index (χ1v) is 7.73. The zero-order chi connectivity index (χ0) is 17.0. The molecule has 0 amide bonds. The van der Waals surface area contributed by atoms with Gasteiger partial charge in [-0.1, -0.05) is 42.5 Å². The van der Waals surface area contributed by atoms with Crippen molar-refractivity contribution in [3.8, 4) is 0 Å². The highest BCUT2D eigenvalue weighted by atomic mass is 35.5. The number of halogens is 2. The summed E-state index contributed by atoms with van der Waals surface area (Å²) in [6.45, 7) is -0.278. The highest BCUT2D eigenvalue weighted by Crippen LogP contribution is 2.17. The normalized spacial score (nSPS) is 14.0. The lowest BCUT2D eigenvalue weighted by Crippen LogP contribution is -2.22. The third-order valence-electron chi connectivity index (χ3n) is 2.85. The SMILES string of the molecule is NC1CCCCC1.NCC(=O)O.O=Cc1cc(Cl)cc(Cl)c1. The standard InChI is InChI=1S/C7H4Cl2O.C6H13N.C2H5NO2/c8-6-1-5(4-10)2-7(9)3-6;7-6-4-2-1-3-5-6;3-1-2(4)5/h1-4H;6H,1-5,7H2;1,3H2,(H,4,5). The van der Waals surface area contributed by atoms with Crippen molar-refractivity contribution in [1.29, 1.82) is 0 Å². The Morgan fingerprint density at radius 1 is 1.18 bits per heavy atom. The van der Waals surface area contributed by atoms with Crippen LogP contribution in [0.3, 0.4) is 0 Å². The van der Waals surface area contributed by atoms with Crippen LogP contribution in [0.1, 0.15) is 42.5 Å². The number of carbonyl (C=O) groups is 2. The second-order valence-electron chi connectivity index (χ2n) is 4.82. The molecule has 5 N–H and O–H groups in total. The first-order chi connectivity index (χ1) is 10.4. The Kier molecular flexibility index (Phi) is 11.8. The summed E-state index contributed by atoms with van der Waals surface area (Å²) in [6.07, 6.45) is 7.37. The van der Waals surface area contributed by atoms with Crippen LogP contribution in [0.15, 0.2) is 18.2 Å². The minimum atomic E-state index is -0.968. The van der Waals surface area contributed by atoms with Gasteiger partial charge >= 0.3 is 5.97 Å². The van der Waals surface area contributed by atoms with Gasteiger partial charge < -0.3 is 16.6 Å². The van der Waals surface area contributed by atoms with Crippen molar-refractivity contribution >= 4 is 35.5 Å². The van der Waals surface area contributed by atoms with Crippen LogP contribution in [-0.4, -0.2) is 29.9 Å². The molecule has 0 spiro atoms. The van der Waals surface area contributed by atoms with Crippen LogP contribution >= 0.6 is 23.2 Å². The van der Waals surface area contributed by atoms with Gasteiger partial charge in [0.2, 0.25) is 0 Å². The first kappa shape index (κ1) is 20.9. The smallest absolute Gasteiger partial charge is 0.317 e. The van der Waals surface area contributed by atoms with Gasteiger partial charge in [0.05, 0.1) is 6.54 Å². The van der Waals surface area contributed by atoms with E-state index in [0.29, 0.717) is 27.9 Å². The molecule has 2 rings (SSSR count). The average Bonchev–Trinajstić information content (AvgIpc) is 2.48. The third-order valence-corrected chi connectivity index (χ3v) is 3.28. The molecule has 1 fully saturated rings. The van der Waals surface area contributed by atoms with Crippen LogP contribution in [0.5, 0.6) is 0 Å². The number of carboxylic acid groups (broad SMARTS) is 1. The first-order valence-electron chi connectivity index (χ1n) is 6.97. The van der Waals surface area contributed by atoms with Crippen LogP contribution in [0, 0.1) is 0 Å². The molecule has 1 aliphatic rings. The number of aliphatic carboxylic acids is 1. The lowest BCUT2D eigenvalue weighted by Gasteiger charge is -2.15. The second kappa shape index (κ2) is 12.4. The number of benzene rings is 1. The van der Waals surface area contributed by atoms with E-state index < -0.39 is 5.97 Å². The van der Waals surface area contributed by atoms with Gasteiger partial charge in [-0.05, 0) is 31.0 Å². The molecule has 22 heavy (non-hydrogen) atoms. The molecule has 5 nitrogen and oxygen atoms in total. The summed E-state index contributed by atoms with van der Waals surface area (Å²) in [5, 5.41) is 8.56. The summed E-state index contributed by atoms with van der Waals surface area (Å²) < 4.78 is 0. The number of aldehydes is 1. The van der Waals surface area contributed by atoms with Gasteiger partial charge in [0.25, 0.3) is 0 Å². The topological polar surface area (TPSA) is 106 Å². The van der Waals surface area contributed by atoms with E-state index in [1.807, 2.05) is 0 Å². The van der Waals surface area contributed by atoms with Crippen LogP contribution in [0.25, 0.3) is 0 Å². The van der Waals surface area contributed by atoms with Gasteiger partial charge in [0, 0.05) is 21.7 Å². The van der Waals surface area contributed by atoms with Gasteiger partial charge in [-0.3, -0.25) is 9.59 Å². The Morgan fingerprint density at radius 2 is 1.64 bits per heavy atom. The van der Waals surface area contributed by atoms with Crippen molar-refractivity contribution < 1.29 is 14.7 Å². The highest BCUT2D eigenvalue weighted by Gasteiger charge is 2.06. The molecule has 1 aromatic carbocycles. The Balaban J connectivity index is 0.000000322. The summed E-state index contributed by atoms with van der Waals surface area (Å²) in [5.74, 6) is -0.968. The Hall–Kier alpha value is -1.14. The van der Waals surface area contributed by atoms with E-state index in [9.17, 15) is 9.59 Å². The van der Waals surface area contributed by atoms with E-state index in [1.54, 1.807) is 18.2 Å². The minimum absolute atomic E-state index is 0.278. The summed E-state index contributed by atoms with van der Waals surface area (Å²) >= 11 is 11.2. The predicted molar refractivity (Wildman–Crippen MR) is 89.6 cm³/mol. The maximum atomic E-state index is 10.2. The molecular weight excluding hydrogens is 327 g/mol. The van der Waals surface area contributed by atoms with E-state index in [2.05, 4.69) is 5.73 Å². The van der Waals surface area contributed by atoms with E-state index >= 15 is 0 Å². The molecule has 0 saturated heterocycles. The van der Waals surface area contributed by atoms with Crippen molar-refractivity contribution in [3.63, 3.8) is 0 Å². The average molecular weight is 349 g/mol. The van der Waals surface area contributed by atoms with Crippen molar-refractivity contribution in [2.24, 2.45) is 11.5 Å². The fourth-order valence-electron chi connectivity index (χ4n) is 1.78. The summed E-state index contributed by atoms with van der Waals surface area (Å²) in [5.41, 5.74) is 10.7. The van der Waals surface area contributed by atoms with Crippen molar-refractivity contribution in [3.05, 3.63) is 33.8 Å². The second-order valence-corrected chi connectivity index (χ2v) is 5.69. The zero-order valence-corrected chi connectivity index (χ0v) is 13.8. The highest BCUT2D eigenvalue weighted by molar-refractivity contribution is 6.35. The molecule has 1 saturated carbocycles. The lowest BCUT2D eigenvalue weighted by molar-refractivity contribution is -0.135. The molecule has 0 radical (unpaired) electrons. The number of carboxylic acids is 1. The van der Waals surface area contributed by atoms with Gasteiger partial charge in [-0.25, -0.2) is 0 Å². The Labute approximate surface area is 140 Å². The zero-order valence-electron chi connectivity index (χ0n) is 12.3. The largest absolute Gasteiger partial charge is 0.480 e. The number of nitrogens with two attached hydrogens (primary N) is 2. The molecule has 0 aromatic heterocycles. The molecule has 124 valence electrons. The van der Waals surface area contributed by atoms with E-state index in [-0.39, 0.29) is 6.54 Å². The summed E-state index contributed by atoms with van der Waals surface area (Å²) in [7, 11) is 0. The van der Waals surface area contributed by atoms with Gasteiger partial charge in [0.15, 0.2) is 0 Å². The molecule has 0 heterocycles. The van der Waals surface area contributed by atoms with Crippen LogP contribution < -0.4 is 11.5 Å².